The molecule has 0 aliphatic heterocycles. The minimum absolute atomic E-state index is 0. The smallest absolute Gasteiger partial charge is 0.272 e. The molecule has 8 heteroatoms. The van der Waals surface area contributed by atoms with E-state index in [9.17, 15) is 8.78 Å². The molecule has 120 valence electrons. The summed E-state index contributed by atoms with van der Waals surface area (Å²) >= 11 is 0. The van der Waals surface area contributed by atoms with Crippen LogP contribution in [0.5, 0.6) is 5.88 Å². The second kappa shape index (κ2) is 11.5. The van der Waals surface area contributed by atoms with E-state index in [1.54, 1.807) is 12.1 Å². The van der Waals surface area contributed by atoms with Crippen LogP contribution in [-0.2, 0) is 6.54 Å². The molecule has 1 aromatic heterocycles. The fourth-order valence-electron chi connectivity index (χ4n) is 1.40. The molecule has 0 aliphatic carbocycles. The summed E-state index contributed by atoms with van der Waals surface area (Å²) in [5.74, 6) is 0.529. The van der Waals surface area contributed by atoms with Gasteiger partial charge in [0.05, 0.1) is 6.54 Å². The van der Waals surface area contributed by atoms with E-state index < -0.39 is 13.0 Å². The molecule has 0 saturated heterocycles. The number of nitrogens with two attached hydrogens (primary N) is 1. The van der Waals surface area contributed by atoms with Crippen molar-refractivity contribution in [3.8, 4) is 5.88 Å². The lowest BCUT2D eigenvalue weighted by Crippen LogP contribution is -2.32. The molecule has 3 N–H and O–H groups in total. The molecule has 1 heterocycles. The number of aromatic nitrogens is 1. The third-order valence-corrected chi connectivity index (χ3v) is 2.42. The first-order chi connectivity index (χ1) is 9.61. The average Bonchev–Trinajstić information content (AvgIpc) is 2.44. The summed E-state index contributed by atoms with van der Waals surface area (Å²) < 4.78 is 28.9. The second-order valence-corrected chi connectivity index (χ2v) is 4.19. The van der Waals surface area contributed by atoms with Gasteiger partial charge in [0.2, 0.25) is 5.88 Å². The molecule has 0 bridgehead atoms. The molecule has 0 aliphatic rings. The van der Waals surface area contributed by atoms with E-state index in [-0.39, 0.29) is 29.9 Å². The highest BCUT2D eigenvalue weighted by Crippen LogP contribution is 2.11. The maximum absolute atomic E-state index is 12.0. The highest BCUT2D eigenvalue weighted by atomic mass is 127. The van der Waals surface area contributed by atoms with Gasteiger partial charge in [0.15, 0.2) is 12.6 Å². The van der Waals surface area contributed by atoms with E-state index in [2.05, 4.69) is 22.2 Å². The summed E-state index contributed by atoms with van der Waals surface area (Å²) in [6.07, 6.45) is 1.08. The van der Waals surface area contributed by atoms with Gasteiger partial charge in [-0.15, -0.1) is 24.0 Å². The third-order valence-electron chi connectivity index (χ3n) is 2.42. The lowest BCUT2D eigenvalue weighted by Gasteiger charge is -2.06. The van der Waals surface area contributed by atoms with Crippen molar-refractivity contribution in [2.45, 2.75) is 32.7 Å². The highest BCUT2D eigenvalue weighted by molar-refractivity contribution is 14.0. The molecule has 0 aromatic carbocycles. The maximum Gasteiger partial charge on any atom is 0.272 e. The van der Waals surface area contributed by atoms with Crippen molar-refractivity contribution in [3.63, 3.8) is 0 Å². The number of rotatable bonds is 8. The quantitative estimate of drug-likeness (QED) is 0.297. The molecule has 0 unspecified atom stereocenters. The lowest BCUT2D eigenvalue weighted by atomic mass is 10.3. The van der Waals surface area contributed by atoms with E-state index >= 15 is 0 Å². The standard InChI is InChI=1S/C13H20F2N4O.HI/c1-2-3-5-18-13(16)19-8-10-4-6-17-12(7-10)20-9-11(14)15;/h4,6-7,11H,2-3,5,8-9H2,1H3,(H3,16,18,19);1H. The summed E-state index contributed by atoms with van der Waals surface area (Å²) in [4.78, 5) is 8.00. The number of pyridine rings is 1. The Morgan fingerprint density at radius 3 is 2.95 bits per heavy atom. The van der Waals surface area contributed by atoms with Gasteiger partial charge in [0, 0.05) is 18.8 Å². The number of hydrogen-bond acceptors (Lipinski definition) is 3. The number of unbranched alkanes of at least 4 members (excludes halogenated alkanes) is 1. The Labute approximate surface area is 140 Å². The zero-order valence-corrected chi connectivity index (χ0v) is 14.2. The number of alkyl halides is 2. The van der Waals surface area contributed by atoms with Crippen molar-refractivity contribution in [2.24, 2.45) is 10.7 Å². The van der Waals surface area contributed by atoms with Crippen LogP contribution in [0, 0.1) is 0 Å². The molecular weight excluding hydrogens is 393 g/mol. The fraction of sp³-hybridized carbons (Fsp3) is 0.538. The van der Waals surface area contributed by atoms with Gasteiger partial charge in [0.25, 0.3) is 6.43 Å². The van der Waals surface area contributed by atoms with Gasteiger partial charge < -0.3 is 15.8 Å². The van der Waals surface area contributed by atoms with Crippen molar-refractivity contribution in [1.82, 2.24) is 10.3 Å². The molecule has 0 fully saturated rings. The van der Waals surface area contributed by atoms with Crippen LogP contribution in [0.25, 0.3) is 0 Å². The van der Waals surface area contributed by atoms with Crippen LogP contribution >= 0.6 is 24.0 Å². The fourth-order valence-corrected chi connectivity index (χ4v) is 1.40. The first-order valence-electron chi connectivity index (χ1n) is 6.51. The van der Waals surface area contributed by atoms with Gasteiger partial charge in [-0.3, -0.25) is 0 Å². The zero-order chi connectivity index (χ0) is 14.8. The van der Waals surface area contributed by atoms with E-state index in [0.29, 0.717) is 12.5 Å². The van der Waals surface area contributed by atoms with Crippen molar-refractivity contribution in [3.05, 3.63) is 23.9 Å². The average molecular weight is 414 g/mol. The molecule has 0 spiro atoms. The summed E-state index contributed by atoms with van der Waals surface area (Å²) in [6.45, 7) is 2.55. The summed E-state index contributed by atoms with van der Waals surface area (Å²) in [5.41, 5.74) is 6.49. The number of hydrogen-bond donors (Lipinski definition) is 2. The van der Waals surface area contributed by atoms with Crippen molar-refractivity contribution in [1.29, 1.82) is 0 Å². The van der Waals surface area contributed by atoms with Crippen LogP contribution < -0.4 is 15.8 Å². The molecule has 0 amide bonds. The van der Waals surface area contributed by atoms with Gasteiger partial charge in [0.1, 0.15) is 0 Å². The predicted molar refractivity (Wildman–Crippen MR) is 89.4 cm³/mol. The first-order valence-corrected chi connectivity index (χ1v) is 6.51. The monoisotopic (exact) mass is 414 g/mol. The van der Waals surface area contributed by atoms with Gasteiger partial charge in [-0.1, -0.05) is 13.3 Å². The molecule has 0 atom stereocenters. The Balaban J connectivity index is 0.00000400. The number of aliphatic imine (C=N–C) groups is 1. The third kappa shape index (κ3) is 9.38. The van der Waals surface area contributed by atoms with Gasteiger partial charge >= 0.3 is 0 Å². The Morgan fingerprint density at radius 1 is 1.52 bits per heavy atom. The molecule has 5 nitrogen and oxygen atoms in total. The number of nitrogens with one attached hydrogen (secondary N) is 1. The minimum Gasteiger partial charge on any atom is -0.472 e. The Hall–Kier alpha value is -1.19. The number of guanidine groups is 1. The number of nitrogens with zero attached hydrogens (tertiary/aromatic N) is 2. The van der Waals surface area contributed by atoms with Crippen LogP contribution in [0.3, 0.4) is 0 Å². The van der Waals surface area contributed by atoms with Crippen LogP contribution in [-0.4, -0.2) is 30.5 Å². The molecule has 0 radical (unpaired) electrons. The molecule has 21 heavy (non-hydrogen) atoms. The Kier molecular flexibility index (Phi) is 10.8. The largest absolute Gasteiger partial charge is 0.472 e. The van der Waals surface area contributed by atoms with Gasteiger partial charge in [-0.25, -0.2) is 18.8 Å². The van der Waals surface area contributed by atoms with Gasteiger partial charge in [-0.2, -0.15) is 0 Å². The Morgan fingerprint density at radius 2 is 2.29 bits per heavy atom. The van der Waals surface area contributed by atoms with E-state index in [4.69, 9.17) is 10.5 Å². The second-order valence-electron chi connectivity index (χ2n) is 4.19. The van der Waals surface area contributed by atoms with E-state index in [0.717, 1.165) is 24.9 Å². The molecular formula is C13H21F2IN4O. The summed E-state index contributed by atoms with van der Waals surface area (Å²) in [6, 6.07) is 3.31. The van der Waals surface area contributed by atoms with Crippen molar-refractivity contribution >= 4 is 29.9 Å². The van der Waals surface area contributed by atoms with Crippen LogP contribution in [0.4, 0.5) is 8.78 Å². The number of ether oxygens (including phenoxy) is 1. The van der Waals surface area contributed by atoms with E-state index in [1.165, 1.54) is 6.20 Å². The molecule has 1 rings (SSSR count). The SMILES string of the molecule is CCCCNC(N)=NCc1ccnc(OCC(F)F)c1.I. The minimum atomic E-state index is -2.52. The Bertz CT molecular complexity index is 432. The normalized spacial score (nSPS) is 11.1. The topological polar surface area (TPSA) is 72.5 Å². The summed E-state index contributed by atoms with van der Waals surface area (Å²) in [5, 5.41) is 2.99. The van der Waals surface area contributed by atoms with Crippen LogP contribution in [0.2, 0.25) is 0 Å². The van der Waals surface area contributed by atoms with Crippen molar-refractivity contribution < 1.29 is 13.5 Å². The maximum atomic E-state index is 12.0. The van der Waals surface area contributed by atoms with Crippen LogP contribution in [0.1, 0.15) is 25.3 Å². The predicted octanol–water partition coefficient (Wildman–Crippen LogP) is 2.55. The zero-order valence-electron chi connectivity index (χ0n) is 11.9. The van der Waals surface area contributed by atoms with Crippen molar-refractivity contribution in [2.75, 3.05) is 13.2 Å². The summed E-state index contributed by atoms with van der Waals surface area (Å²) in [7, 11) is 0. The van der Waals surface area contributed by atoms with Gasteiger partial charge in [-0.05, 0) is 18.1 Å². The van der Waals surface area contributed by atoms with E-state index in [1.807, 2.05) is 0 Å². The number of halogens is 3. The molecule has 0 saturated carbocycles. The van der Waals surface area contributed by atoms with Crippen LogP contribution in [0.15, 0.2) is 23.3 Å². The lowest BCUT2D eigenvalue weighted by molar-refractivity contribution is 0.0795. The highest BCUT2D eigenvalue weighted by Gasteiger charge is 2.04. The first kappa shape index (κ1) is 19.8. The molecule has 1 aromatic rings.